The number of nitrogens with zero attached hydrogens (tertiary/aromatic N) is 2. The van der Waals surface area contributed by atoms with Crippen molar-refractivity contribution in [3.05, 3.63) is 63.7 Å². The van der Waals surface area contributed by atoms with Crippen molar-refractivity contribution in [2.45, 2.75) is 20.4 Å². The molecule has 2 aromatic heterocycles. The van der Waals surface area contributed by atoms with E-state index < -0.39 is 11.5 Å². The van der Waals surface area contributed by atoms with Gasteiger partial charge in [0, 0.05) is 11.9 Å². The fourth-order valence-corrected chi connectivity index (χ4v) is 2.90. The van der Waals surface area contributed by atoms with Crippen LogP contribution in [0.15, 0.2) is 47.4 Å². The molecule has 26 heavy (non-hydrogen) atoms. The van der Waals surface area contributed by atoms with Crippen LogP contribution in [0.25, 0.3) is 10.9 Å². The Bertz CT molecular complexity index is 1030. The van der Waals surface area contributed by atoms with Crippen LogP contribution in [0.2, 0.25) is 5.15 Å². The second-order valence-corrected chi connectivity index (χ2v) is 6.76. The quantitative estimate of drug-likeness (QED) is 0.685. The number of aromatic hydroxyl groups is 1. The lowest BCUT2D eigenvalue weighted by Gasteiger charge is -2.16. The van der Waals surface area contributed by atoms with E-state index in [9.17, 15) is 14.7 Å². The van der Waals surface area contributed by atoms with Crippen LogP contribution in [0.3, 0.4) is 0 Å². The molecule has 0 radical (unpaired) electrons. The van der Waals surface area contributed by atoms with Crippen molar-refractivity contribution < 1.29 is 9.90 Å². The van der Waals surface area contributed by atoms with E-state index in [0.717, 1.165) is 0 Å². The predicted octanol–water partition coefficient (Wildman–Crippen LogP) is 3.66. The molecule has 2 N–H and O–H groups in total. The van der Waals surface area contributed by atoms with Gasteiger partial charge in [-0.25, -0.2) is 4.98 Å². The molecule has 0 spiro atoms. The van der Waals surface area contributed by atoms with Crippen LogP contribution in [-0.2, 0) is 6.54 Å². The third-order valence-corrected chi connectivity index (χ3v) is 4.13. The number of carbonyl (C=O) groups is 1. The number of halogens is 1. The summed E-state index contributed by atoms with van der Waals surface area (Å²) in [6.07, 6.45) is 1.38. The highest BCUT2D eigenvalue weighted by Crippen LogP contribution is 2.27. The number of nitrogens with one attached hydrogen (secondary N) is 1. The van der Waals surface area contributed by atoms with Crippen molar-refractivity contribution in [2.24, 2.45) is 5.92 Å². The predicted molar refractivity (Wildman–Crippen MR) is 102 cm³/mol. The maximum absolute atomic E-state index is 12.9. The maximum atomic E-state index is 12.9. The van der Waals surface area contributed by atoms with Gasteiger partial charge in [-0.15, -0.1) is 0 Å². The monoisotopic (exact) mass is 371 g/mol. The van der Waals surface area contributed by atoms with Crippen LogP contribution in [0.1, 0.15) is 24.2 Å². The molecular formula is C19H18ClN3O3. The summed E-state index contributed by atoms with van der Waals surface area (Å²) in [6, 6.07) is 10.1. The molecule has 0 saturated carbocycles. The van der Waals surface area contributed by atoms with Crippen molar-refractivity contribution in [3.8, 4) is 5.75 Å². The molecule has 0 aliphatic rings. The smallest absolute Gasteiger partial charge is 0.267 e. The normalized spacial score (nSPS) is 11.1. The maximum Gasteiger partial charge on any atom is 0.267 e. The number of para-hydroxylation sites is 1. The third kappa shape index (κ3) is 3.41. The van der Waals surface area contributed by atoms with Crippen LogP contribution in [0.5, 0.6) is 5.75 Å². The number of carbonyl (C=O) groups excluding carboxylic acids is 1. The Morgan fingerprint density at radius 1 is 1.27 bits per heavy atom. The molecule has 0 aliphatic carbocycles. The summed E-state index contributed by atoms with van der Waals surface area (Å²) in [6.45, 7) is 4.39. The topological polar surface area (TPSA) is 84.2 Å². The fraction of sp³-hybridized carbons (Fsp3) is 0.211. The minimum atomic E-state index is -0.695. The van der Waals surface area contributed by atoms with Crippen LogP contribution >= 0.6 is 11.6 Å². The molecule has 0 atom stereocenters. The average Bonchev–Trinajstić information content (AvgIpc) is 2.60. The van der Waals surface area contributed by atoms with Gasteiger partial charge in [-0.2, -0.15) is 0 Å². The van der Waals surface area contributed by atoms with E-state index in [0.29, 0.717) is 23.1 Å². The summed E-state index contributed by atoms with van der Waals surface area (Å²) in [5.41, 5.74) is 0.142. The number of hydrogen-bond acceptors (Lipinski definition) is 4. The number of aromatic nitrogens is 2. The number of pyridine rings is 2. The Morgan fingerprint density at radius 2 is 2.00 bits per heavy atom. The number of fused-ring (bicyclic) bond motifs is 1. The minimum absolute atomic E-state index is 0.192. The van der Waals surface area contributed by atoms with Crippen molar-refractivity contribution in [2.75, 3.05) is 5.32 Å². The molecule has 2 heterocycles. The van der Waals surface area contributed by atoms with Crippen LogP contribution in [0, 0.1) is 5.92 Å². The lowest BCUT2D eigenvalue weighted by Crippen LogP contribution is -2.31. The minimum Gasteiger partial charge on any atom is -0.506 e. The molecule has 0 fully saturated rings. The molecule has 3 rings (SSSR count). The molecule has 0 aliphatic heterocycles. The first-order valence-corrected chi connectivity index (χ1v) is 8.53. The third-order valence-electron chi connectivity index (χ3n) is 3.91. The van der Waals surface area contributed by atoms with E-state index in [1.54, 1.807) is 30.3 Å². The molecular weight excluding hydrogens is 354 g/mol. The molecule has 7 heteroatoms. The van der Waals surface area contributed by atoms with Crippen molar-refractivity contribution >= 4 is 34.1 Å². The number of anilines is 1. The molecule has 0 bridgehead atoms. The van der Waals surface area contributed by atoms with Gasteiger partial charge in [0.1, 0.15) is 16.5 Å². The Kier molecular flexibility index (Phi) is 4.95. The lowest BCUT2D eigenvalue weighted by molar-refractivity contribution is 0.102. The summed E-state index contributed by atoms with van der Waals surface area (Å²) in [5.74, 6) is -0.832. The highest BCUT2D eigenvalue weighted by molar-refractivity contribution is 6.29. The fourth-order valence-electron chi connectivity index (χ4n) is 2.78. The van der Waals surface area contributed by atoms with Crippen LogP contribution in [-0.4, -0.2) is 20.6 Å². The average molecular weight is 372 g/mol. The Hall–Kier alpha value is -2.86. The second-order valence-electron chi connectivity index (χ2n) is 6.37. The Labute approximate surface area is 155 Å². The van der Waals surface area contributed by atoms with E-state index in [-0.39, 0.29) is 22.4 Å². The summed E-state index contributed by atoms with van der Waals surface area (Å²) in [7, 11) is 0. The standard InChI is InChI=1S/C19H18ClN3O3/c1-11(2)10-23-14-6-4-3-5-13(14)17(24)16(19(23)26)18(25)22-12-7-8-15(20)21-9-12/h3-9,11,24H,10H2,1-2H3,(H,22,25). The molecule has 0 unspecified atom stereocenters. The summed E-state index contributed by atoms with van der Waals surface area (Å²) in [4.78, 5) is 29.5. The Balaban J connectivity index is 2.14. The second kappa shape index (κ2) is 7.17. The molecule has 0 saturated heterocycles. The highest BCUT2D eigenvalue weighted by Gasteiger charge is 2.22. The van der Waals surface area contributed by atoms with Crippen molar-refractivity contribution in [3.63, 3.8) is 0 Å². The zero-order valence-corrected chi connectivity index (χ0v) is 15.1. The first-order valence-electron chi connectivity index (χ1n) is 8.16. The van der Waals surface area contributed by atoms with E-state index in [1.807, 2.05) is 13.8 Å². The summed E-state index contributed by atoms with van der Waals surface area (Å²) < 4.78 is 1.52. The number of rotatable bonds is 4. The van der Waals surface area contributed by atoms with Crippen molar-refractivity contribution in [1.82, 2.24) is 9.55 Å². The van der Waals surface area contributed by atoms with Gasteiger partial charge >= 0.3 is 0 Å². The Morgan fingerprint density at radius 3 is 2.65 bits per heavy atom. The zero-order chi connectivity index (χ0) is 18.8. The van der Waals surface area contributed by atoms with Gasteiger partial charge < -0.3 is 15.0 Å². The van der Waals surface area contributed by atoms with Gasteiger partial charge in [0.2, 0.25) is 0 Å². The van der Waals surface area contributed by atoms with Gasteiger partial charge in [0.15, 0.2) is 0 Å². The SMILES string of the molecule is CC(C)Cn1c(=O)c(C(=O)Nc2ccc(Cl)nc2)c(O)c2ccccc21. The van der Waals surface area contributed by atoms with Gasteiger partial charge in [-0.05, 0) is 30.2 Å². The van der Waals surface area contributed by atoms with Gasteiger partial charge in [-0.1, -0.05) is 37.6 Å². The zero-order valence-electron chi connectivity index (χ0n) is 14.4. The first-order chi connectivity index (χ1) is 12.4. The molecule has 134 valence electrons. The highest BCUT2D eigenvalue weighted by atomic mass is 35.5. The van der Waals surface area contributed by atoms with E-state index in [4.69, 9.17) is 11.6 Å². The largest absolute Gasteiger partial charge is 0.506 e. The van der Waals surface area contributed by atoms with Crippen LogP contribution in [0.4, 0.5) is 5.69 Å². The summed E-state index contributed by atoms with van der Waals surface area (Å²) in [5, 5.41) is 13.9. The van der Waals surface area contributed by atoms with Gasteiger partial charge in [0.05, 0.1) is 17.4 Å². The van der Waals surface area contributed by atoms with E-state index in [1.165, 1.54) is 16.8 Å². The van der Waals surface area contributed by atoms with E-state index in [2.05, 4.69) is 10.3 Å². The number of amides is 1. The lowest BCUT2D eigenvalue weighted by atomic mass is 10.1. The van der Waals surface area contributed by atoms with Crippen LogP contribution < -0.4 is 10.9 Å². The van der Waals surface area contributed by atoms with Gasteiger partial charge in [-0.3, -0.25) is 9.59 Å². The number of benzene rings is 1. The molecule has 1 amide bonds. The first kappa shape index (κ1) is 17.9. The molecule has 6 nitrogen and oxygen atoms in total. The summed E-state index contributed by atoms with van der Waals surface area (Å²) >= 11 is 5.73. The van der Waals surface area contributed by atoms with Gasteiger partial charge in [0.25, 0.3) is 11.5 Å². The molecule has 1 aromatic carbocycles. The number of hydrogen-bond donors (Lipinski definition) is 2. The molecule has 3 aromatic rings. The van der Waals surface area contributed by atoms with Crippen molar-refractivity contribution in [1.29, 1.82) is 0 Å². The van der Waals surface area contributed by atoms with E-state index >= 15 is 0 Å².